The van der Waals surface area contributed by atoms with Gasteiger partial charge in [0, 0.05) is 16.5 Å². The Hall–Kier alpha value is -3.00. The van der Waals surface area contributed by atoms with Gasteiger partial charge in [0.25, 0.3) is 0 Å². The molecule has 4 aromatic carbocycles. The van der Waals surface area contributed by atoms with Gasteiger partial charge in [-0.05, 0) is 79.3 Å². The largest absolute Gasteiger partial charge is 0.309 e. The van der Waals surface area contributed by atoms with E-state index in [1.54, 1.807) is 0 Å². The molecular weight excluding hydrogens is 549 g/mol. The summed E-state index contributed by atoms with van der Waals surface area (Å²) in [6, 6.07) is 19.2. The summed E-state index contributed by atoms with van der Waals surface area (Å²) in [5.41, 5.74) is 19.2. The molecule has 0 saturated heterocycles. The van der Waals surface area contributed by atoms with Gasteiger partial charge in [-0.3, -0.25) is 0 Å². The molecule has 0 spiro atoms. The van der Waals surface area contributed by atoms with Crippen LogP contribution in [0.3, 0.4) is 0 Å². The molecule has 0 fully saturated rings. The Labute approximate surface area is 284 Å². The van der Waals surface area contributed by atoms with Crippen LogP contribution in [0.25, 0.3) is 38.6 Å². The van der Waals surface area contributed by atoms with E-state index < -0.39 is 0 Å². The van der Waals surface area contributed by atoms with Crippen molar-refractivity contribution in [2.75, 3.05) is 0 Å². The Bertz CT molecular complexity index is 1960. The number of hydrogen-bond donors (Lipinski definition) is 0. The molecule has 0 aliphatic heterocycles. The SMILES string of the molecule is Bc1c(B)c(B)c(-c2cccc3c2c2c(C(C)(C)C)c(C(C)(C)C)ccc2n3-c2cc(C(C)(C)C)cc(C(C)(C)C)c2)c(B)c1B. The summed E-state index contributed by atoms with van der Waals surface area (Å²) >= 11 is 0. The molecule has 0 N–H and O–H groups in total. The maximum atomic E-state index is 2.58. The van der Waals surface area contributed by atoms with Crippen LogP contribution in [0, 0.1) is 0 Å². The smallest absolute Gasteiger partial charge is 0.139 e. The quantitative estimate of drug-likeness (QED) is 0.274. The fraction of sp³-hybridized carbons (Fsp3) is 0.400. The molecule has 0 atom stereocenters. The molecule has 6 heteroatoms. The first kappa shape index (κ1) is 34.3. The predicted molar refractivity (Wildman–Crippen MR) is 222 cm³/mol. The number of rotatable bonds is 2. The number of fused-ring (bicyclic) bond motifs is 3. The molecule has 1 heterocycles. The molecule has 234 valence electrons. The van der Waals surface area contributed by atoms with E-state index >= 15 is 0 Å². The van der Waals surface area contributed by atoms with Crippen molar-refractivity contribution in [3.63, 3.8) is 0 Å². The second-order valence-corrected chi connectivity index (χ2v) is 18.2. The van der Waals surface area contributed by atoms with Crippen LogP contribution in [0.5, 0.6) is 0 Å². The van der Waals surface area contributed by atoms with E-state index in [0.717, 1.165) is 0 Å². The first-order chi connectivity index (χ1) is 21.0. The summed E-state index contributed by atoms with van der Waals surface area (Å²) in [5, 5.41) is 2.78. The average Bonchev–Trinajstić information content (AvgIpc) is 3.27. The zero-order chi connectivity index (χ0) is 34.5. The topological polar surface area (TPSA) is 4.93 Å². The van der Waals surface area contributed by atoms with Crippen molar-refractivity contribution >= 4 is 88.4 Å². The van der Waals surface area contributed by atoms with Gasteiger partial charge in [0.15, 0.2) is 0 Å². The lowest BCUT2D eigenvalue weighted by Crippen LogP contribution is -2.55. The first-order valence-corrected chi connectivity index (χ1v) is 17.3. The fourth-order valence-corrected chi connectivity index (χ4v) is 7.55. The molecule has 5 rings (SSSR count). The average molecular weight is 603 g/mol. The van der Waals surface area contributed by atoms with E-state index in [4.69, 9.17) is 0 Å². The predicted octanol–water partition coefficient (Wildman–Crippen LogP) is 2.93. The molecule has 0 aliphatic carbocycles. The van der Waals surface area contributed by atoms with Crippen LogP contribution in [-0.4, -0.2) is 43.8 Å². The van der Waals surface area contributed by atoms with Gasteiger partial charge in [0.05, 0.1) is 11.0 Å². The van der Waals surface area contributed by atoms with Gasteiger partial charge >= 0.3 is 0 Å². The summed E-state index contributed by atoms with van der Waals surface area (Å²) < 4.78 is 2.58. The Morgan fingerprint density at radius 3 is 1.41 bits per heavy atom. The lowest BCUT2D eigenvalue weighted by Gasteiger charge is -2.31. The van der Waals surface area contributed by atoms with Gasteiger partial charge in [0.1, 0.15) is 39.2 Å². The van der Waals surface area contributed by atoms with E-state index in [1.165, 1.54) is 88.2 Å². The van der Waals surface area contributed by atoms with E-state index in [9.17, 15) is 0 Å². The third kappa shape index (κ3) is 5.63. The molecule has 0 amide bonds. The fourth-order valence-electron chi connectivity index (χ4n) is 7.55. The van der Waals surface area contributed by atoms with Crippen molar-refractivity contribution in [2.45, 2.75) is 105 Å². The van der Waals surface area contributed by atoms with Crippen molar-refractivity contribution in [1.82, 2.24) is 4.57 Å². The van der Waals surface area contributed by atoms with E-state index in [2.05, 4.69) is 175 Å². The van der Waals surface area contributed by atoms with E-state index in [-0.39, 0.29) is 21.7 Å². The Morgan fingerprint density at radius 2 is 0.957 bits per heavy atom. The Morgan fingerprint density at radius 1 is 0.478 bits per heavy atom. The van der Waals surface area contributed by atoms with Gasteiger partial charge in [-0.15, -0.1) is 16.4 Å². The number of nitrogens with zero attached hydrogens (tertiary/aromatic N) is 1. The summed E-state index contributed by atoms with van der Waals surface area (Å²) in [7, 11) is 11.5. The molecule has 0 unspecified atom stereocenters. The zero-order valence-corrected chi connectivity index (χ0v) is 32.1. The maximum absolute atomic E-state index is 2.58. The zero-order valence-electron chi connectivity index (χ0n) is 32.1. The summed E-state index contributed by atoms with van der Waals surface area (Å²) in [6.07, 6.45) is 0. The summed E-state index contributed by atoms with van der Waals surface area (Å²) in [6.45, 7) is 28.3. The Kier molecular flexibility index (Phi) is 8.24. The number of benzene rings is 4. The molecule has 0 saturated carbocycles. The highest BCUT2D eigenvalue weighted by Gasteiger charge is 2.32. The van der Waals surface area contributed by atoms with Crippen molar-refractivity contribution in [1.29, 1.82) is 0 Å². The molecular formula is C40H54B5N. The minimum absolute atomic E-state index is 0.00853. The summed E-state index contributed by atoms with van der Waals surface area (Å²) in [4.78, 5) is 0. The monoisotopic (exact) mass is 603 g/mol. The third-order valence-electron chi connectivity index (χ3n) is 10.7. The van der Waals surface area contributed by atoms with Gasteiger partial charge < -0.3 is 4.57 Å². The minimum atomic E-state index is -0.0542. The molecule has 1 aromatic heterocycles. The maximum Gasteiger partial charge on any atom is 0.139 e. The van der Waals surface area contributed by atoms with Crippen molar-refractivity contribution in [3.8, 4) is 16.8 Å². The number of hydrogen-bond acceptors (Lipinski definition) is 0. The highest BCUT2D eigenvalue weighted by Crippen LogP contribution is 2.46. The van der Waals surface area contributed by atoms with Crippen LogP contribution < -0.4 is 27.3 Å². The van der Waals surface area contributed by atoms with Gasteiger partial charge in [-0.2, -0.15) is 0 Å². The standard InChI is InChI=1S/C40H54B5N/c1-37(2,3)21-18-22(38(4,5)6)20-23(19-21)46-26-15-13-14-24(29-32(41)34(43)36(45)35(44)33(29)42)28(26)30-27(46)17-16-25(39(7,8)9)31(30)40(10,11)12/h13-20H,41-45H2,1-12H3. The van der Waals surface area contributed by atoms with Crippen molar-refractivity contribution in [2.24, 2.45) is 0 Å². The van der Waals surface area contributed by atoms with Gasteiger partial charge in [0.2, 0.25) is 0 Å². The molecule has 0 aliphatic rings. The van der Waals surface area contributed by atoms with Crippen LogP contribution in [0.1, 0.15) is 105 Å². The van der Waals surface area contributed by atoms with Crippen LogP contribution in [0.2, 0.25) is 0 Å². The molecule has 46 heavy (non-hydrogen) atoms. The highest BCUT2D eigenvalue weighted by molar-refractivity contribution is 6.69. The highest BCUT2D eigenvalue weighted by atomic mass is 15.0. The molecule has 1 nitrogen and oxygen atoms in total. The first-order valence-electron chi connectivity index (χ1n) is 17.3. The van der Waals surface area contributed by atoms with E-state index in [1.807, 2.05) is 0 Å². The van der Waals surface area contributed by atoms with Crippen molar-refractivity contribution in [3.05, 3.63) is 70.8 Å². The van der Waals surface area contributed by atoms with Crippen LogP contribution in [0.15, 0.2) is 48.5 Å². The van der Waals surface area contributed by atoms with Crippen LogP contribution in [-0.2, 0) is 21.7 Å². The second-order valence-electron chi connectivity index (χ2n) is 18.2. The minimum Gasteiger partial charge on any atom is -0.309 e. The molecule has 0 radical (unpaired) electrons. The second kappa shape index (κ2) is 11.0. The van der Waals surface area contributed by atoms with Crippen LogP contribution >= 0.6 is 0 Å². The summed E-state index contributed by atoms with van der Waals surface area (Å²) in [5.74, 6) is 0. The molecule has 0 bridgehead atoms. The van der Waals surface area contributed by atoms with Crippen LogP contribution in [0.4, 0.5) is 0 Å². The van der Waals surface area contributed by atoms with Gasteiger partial charge in [-0.1, -0.05) is 118 Å². The van der Waals surface area contributed by atoms with Crippen molar-refractivity contribution < 1.29 is 0 Å². The van der Waals surface area contributed by atoms with Gasteiger partial charge in [-0.25, -0.2) is 0 Å². The Balaban J connectivity index is 2.12. The lowest BCUT2D eigenvalue weighted by atomic mass is 9.59. The lowest BCUT2D eigenvalue weighted by molar-refractivity contribution is 0.535. The normalized spacial score (nSPS) is 13.2. The third-order valence-corrected chi connectivity index (χ3v) is 10.7. The number of aromatic nitrogens is 1. The molecule has 5 aromatic rings. The van der Waals surface area contributed by atoms with E-state index in [0.29, 0.717) is 0 Å².